The Hall–Kier alpha value is -3.06. The maximum atomic E-state index is 12.7. The fourth-order valence-corrected chi connectivity index (χ4v) is 3.88. The molecular weight excluding hydrogens is 394 g/mol. The molecule has 6 nitrogen and oxygen atoms in total. The van der Waals surface area contributed by atoms with E-state index in [9.17, 15) is 4.79 Å². The van der Waals surface area contributed by atoms with Crippen molar-refractivity contribution in [3.63, 3.8) is 0 Å². The molecule has 0 N–H and O–H groups in total. The zero-order valence-electron chi connectivity index (χ0n) is 17.7. The van der Waals surface area contributed by atoms with Crippen LogP contribution in [0, 0.1) is 0 Å². The molecule has 0 aliphatic heterocycles. The average molecular weight is 422 g/mol. The fraction of sp³-hybridized carbons (Fsp3) is 0.261. The Balaban J connectivity index is 1.63. The topological polar surface area (TPSA) is 54.3 Å². The van der Waals surface area contributed by atoms with E-state index in [-0.39, 0.29) is 5.91 Å². The predicted molar refractivity (Wildman–Crippen MR) is 124 cm³/mol. The molecule has 3 rings (SSSR count). The summed E-state index contributed by atoms with van der Waals surface area (Å²) in [7, 11) is 5.85. The molecule has 0 aliphatic carbocycles. The van der Waals surface area contributed by atoms with Crippen molar-refractivity contribution in [3.05, 3.63) is 72.8 Å². The average Bonchev–Trinajstić information content (AvgIpc) is 3.15. The highest BCUT2D eigenvalue weighted by Gasteiger charge is 2.16. The second kappa shape index (κ2) is 10.1. The van der Waals surface area contributed by atoms with Gasteiger partial charge in [-0.25, -0.2) is 0 Å². The van der Waals surface area contributed by atoms with Gasteiger partial charge in [-0.2, -0.15) is 0 Å². The van der Waals surface area contributed by atoms with E-state index in [0.29, 0.717) is 24.0 Å². The first-order chi connectivity index (χ1) is 14.5. The minimum atomic E-state index is 0.0473. The van der Waals surface area contributed by atoms with Crippen LogP contribution in [0.2, 0.25) is 0 Å². The van der Waals surface area contributed by atoms with Gasteiger partial charge in [0.2, 0.25) is 5.91 Å². The van der Waals surface area contributed by atoms with Gasteiger partial charge in [0.15, 0.2) is 11.0 Å². The van der Waals surface area contributed by atoms with Gasteiger partial charge in [0, 0.05) is 45.5 Å². The van der Waals surface area contributed by atoms with Crippen molar-refractivity contribution in [2.75, 3.05) is 31.8 Å². The second-order valence-electron chi connectivity index (χ2n) is 7.17. The molecular formula is C23H27N5OS. The number of benzene rings is 2. The number of nitrogens with zero attached hydrogens (tertiary/aromatic N) is 5. The summed E-state index contributed by atoms with van der Waals surface area (Å²) >= 11 is 1.40. The van der Waals surface area contributed by atoms with Gasteiger partial charge in [0.25, 0.3) is 0 Å². The zero-order valence-corrected chi connectivity index (χ0v) is 18.5. The third kappa shape index (κ3) is 5.30. The van der Waals surface area contributed by atoms with Gasteiger partial charge >= 0.3 is 0 Å². The molecule has 0 aliphatic rings. The highest BCUT2D eigenvalue weighted by atomic mass is 32.2. The normalized spacial score (nSPS) is 10.6. The van der Waals surface area contributed by atoms with Crippen LogP contribution in [0.5, 0.6) is 0 Å². The van der Waals surface area contributed by atoms with Gasteiger partial charge in [-0.1, -0.05) is 60.3 Å². The first kappa shape index (κ1) is 21.6. The molecule has 2 aromatic carbocycles. The summed E-state index contributed by atoms with van der Waals surface area (Å²) in [5, 5.41) is 9.35. The number of thioether (sulfide) groups is 1. The van der Waals surface area contributed by atoms with E-state index in [2.05, 4.69) is 45.9 Å². The van der Waals surface area contributed by atoms with Gasteiger partial charge < -0.3 is 9.80 Å². The molecule has 156 valence electrons. The van der Waals surface area contributed by atoms with Crippen LogP contribution in [-0.4, -0.2) is 52.5 Å². The van der Waals surface area contributed by atoms with Crippen LogP contribution in [-0.2, 0) is 17.9 Å². The lowest BCUT2D eigenvalue weighted by Crippen LogP contribution is -2.28. The Morgan fingerprint density at radius 2 is 1.77 bits per heavy atom. The lowest BCUT2D eigenvalue weighted by molar-refractivity contribution is -0.127. The van der Waals surface area contributed by atoms with Crippen molar-refractivity contribution in [1.29, 1.82) is 0 Å². The van der Waals surface area contributed by atoms with Crippen LogP contribution < -0.4 is 4.90 Å². The van der Waals surface area contributed by atoms with Crippen LogP contribution in [0.3, 0.4) is 0 Å². The van der Waals surface area contributed by atoms with Crippen molar-refractivity contribution in [2.45, 2.75) is 18.2 Å². The van der Waals surface area contributed by atoms with E-state index < -0.39 is 0 Å². The summed E-state index contributed by atoms with van der Waals surface area (Å²) < 4.78 is 1.99. The van der Waals surface area contributed by atoms with E-state index in [0.717, 1.165) is 22.6 Å². The fourth-order valence-electron chi connectivity index (χ4n) is 2.99. The minimum absolute atomic E-state index is 0.0473. The summed E-state index contributed by atoms with van der Waals surface area (Å²) in [5.74, 6) is 1.13. The number of hydrogen-bond acceptors (Lipinski definition) is 5. The molecule has 7 heteroatoms. The Kier molecular flexibility index (Phi) is 7.30. The molecule has 1 aromatic heterocycles. The van der Waals surface area contributed by atoms with Gasteiger partial charge in [0.05, 0.1) is 5.75 Å². The smallest absolute Gasteiger partial charge is 0.233 e. The SMILES string of the molecule is C=CCn1c(SCC(=O)N(C)Cc2ccc(N(C)C)cc2)nnc1-c1ccccc1. The summed E-state index contributed by atoms with van der Waals surface area (Å²) in [6.45, 7) is 4.99. The third-order valence-corrected chi connectivity index (χ3v) is 5.64. The minimum Gasteiger partial charge on any atom is -0.378 e. The second-order valence-corrected chi connectivity index (χ2v) is 8.11. The largest absolute Gasteiger partial charge is 0.378 e. The molecule has 1 heterocycles. The van der Waals surface area contributed by atoms with Crippen LogP contribution in [0.4, 0.5) is 5.69 Å². The zero-order chi connectivity index (χ0) is 21.5. The number of hydrogen-bond donors (Lipinski definition) is 0. The van der Waals surface area contributed by atoms with Crippen molar-refractivity contribution < 1.29 is 4.79 Å². The third-order valence-electron chi connectivity index (χ3n) is 4.68. The molecule has 0 atom stereocenters. The number of aromatic nitrogens is 3. The number of allylic oxidation sites excluding steroid dienone is 1. The number of amides is 1. The molecule has 0 spiro atoms. The van der Waals surface area contributed by atoms with E-state index in [1.165, 1.54) is 11.8 Å². The number of carbonyl (C=O) groups excluding carboxylic acids is 1. The van der Waals surface area contributed by atoms with Crippen molar-refractivity contribution in [2.24, 2.45) is 0 Å². The number of rotatable bonds is 9. The van der Waals surface area contributed by atoms with E-state index >= 15 is 0 Å². The summed E-state index contributed by atoms with van der Waals surface area (Å²) in [6, 6.07) is 18.1. The first-order valence-corrected chi connectivity index (χ1v) is 10.7. The van der Waals surface area contributed by atoms with Crippen molar-refractivity contribution in [1.82, 2.24) is 19.7 Å². The monoisotopic (exact) mass is 421 g/mol. The molecule has 1 amide bonds. The van der Waals surface area contributed by atoms with Gasteiger partial charge in [-0.3, -0.25) is 9.36 Å². The van der Waals surface area contributed by atoms with Crippen LogP contribution in [0.15, 0.2) is 72.4 Å². The number of carbonyl (C=O) groups is 1. The maximum Gasteiger partial charge on any atom is 0.233 e. The van der Waals surface area contributed by atoms with Crippen LogP contribution in [0.25, 0.3) is 11.4 Å². The molecule has 0 radical (unpaired) electrons. The van der Waals surface area contributed by atoms with Crippen LogP contribution >= 0.6 is 11.8 Å². The Bertz CT molecular complexity index is 983. The Morgan fingerprint density at radius 3 is 2.40 bits per heavy atom. The molecule has 0 saturated heterocycles. The van der Waals surface area contributed by atoms with Crippen molar-refractivity contribution in [3.8, 4) is 11.4 Å². The van der Waals surface area contributed by atoms with Crippen LogP contribution in [0.1, 0.15) is 5.56 Å². The molecule has 0 saturated carbocycles. The van der Waals surface area contributed by atoms with Crippen molar-refractivity contribution >= 4 is 23.4 Å². The van der Waals surface area contributed by atoms with E-state index in [1.54, 1.807) is 4.90 Å². The lowest BCUT2D eigenvalue weighted by Gasteiger charge is -2.18. The quantitative estimate of drug-likeness (QED) is 0.387. The maximum absolute atomic E-state index is 12.7. The van der Waals surface area contributed by atoms with E-state index in [1.807, 2.05) is 62.1 Å². The number of anilines is 1. The van der Waals surface area contributed by atoms with Gasteiger partial charge in [0.1, 0.15) is 0 Å². The molecule has 0 fully saturated rings. The summed E-state index contributed by atoms with van der Waals surface area (Å²) in [5.41, 5.74) is 3.23. The standard InChI is InChI=1S/C23H27N5OS/c1-5-15-28-22(19-9-7-6-8-10-19)24-25-23(28)30-17-21(29)27(4)16-18-11-13-20(14-12-18)26(2)3/h5-14H,1,15-17H2,2-4H3. The Morgan fingerprint density at radius 1 is 1.07 bits per heavy atom. The van der Waals surface area contributed by atoms with E-state index in [4.69, 9.17) is 0 Å². The molecule has 30 heavy (non-hydrogen) atoms. The highest BCUT2D eigenvalue weighted by molar-refractivity contribution is 7.99. The first-order valence-electron chi connectivity index (χ1n) is 9.72. The van der Waals surface area contributed by atoms with Gasteiger partial charge in [-0.15, -0.1) is 16.8 Å². The lowest BCUT2D eigenvalue weighted by atomic mass is 10.2. The summed E-state index contributed by atoms with van der Waals surface area (Å²) in [4.78, 5) is 16.5. The highest BCUT2D eigenvalue weighted by Crippen LogP contribution is 2.24. The molecule has 3 aromatic rings. The molecule has 0 bridgehead atoms. The predicted octanol–water partition coefficient (Wildman–Crippen LogP) is 3.95. The van der Waals surface area contributed by atoms with Gasteiger partial charge in [-0.05, 0) is 17.7 Å². The molecule has 0 unspecified atom stereocenters. The summed E-state index contributed by atoms with van der Waals surface area (Å²) in [6.07, 6.45) is 1.81. The Labute approximate surface area is 182 Å².